The summed E-state index contributed by atoms with van der Waals surface area (Å²) in [6.07, 6.45) is 1.77. The van der Waals surface area contributed by atoms with Crippen molar-refractivity contribution in [3.05, 3.63) is 64.1 Å². The van der Waals surface area contributed by atoms with Crippen LogP contribution in [0.5, 0.6) is 5.75 Å². The molecule has 2 bridgehead atoms. The Labute approximate surface area is 191 Å². The van der Waals surface area contributed by atoms with E-state index in [9.17, 15) is 9.59 Å². The Hall–Kier alpha value is -1.98. The lowest BCUT2D eigenvalue weighted by molar-refractivity contribution is -0.148. The number of fused-ring (bicyclic) bond motifs is 4. The van der Waals surface area contributed by atoms with Gasteiger partial charge < -0.3 is 14.2 Å². The molecule has 7 heteroatoms. The van der Waals surface area contributed by atoms with Crippen LogP contribution in [0.3, 0.4) is 0 Å². The number of amides is 1. The lowest BCUT2D eigenvalue weighted by Gasteiger charge is -2.44. The monoisotopic (exact) mass is 460 g/mol. The molecule has 1 saturated carbocycles. The van der Waals surface area contributed by atoms with Crippen LogP contribution >= 0.6 is 23.2 Å². The zero-order chi connectivity index (χ0) is 22.0. The van der Waals surface area contributed by atoms with E-state index in [-0.39, 0.29) is 29.2 Å². The number of pyridine rings is 1. The molecule has 3 aliphatic rings. The molecule has 5 nitrogen and oxygen atoms in total. The summed E-state index contributed by atoms with van der Waals surface area (Å²) in [4.78, 5) is 27.5. The lowest BCUT2D eigenvalue weighted by atomic mass is 9.82. The third kappa shape index (κ3) is 3.87. The van der Waals surface area contributed by atoms with E-state index < -0.39 is 9.93 Å². The van der Waals surface area contributed by atoms with E-state index in [1.165, 1.54) is 0 Å². The first-order valence-corrected chi connectivity index (χ1v) is 11.6. The van der Waals surface area contributed by atoms with Crippen molar-refractivity contribution in [2.24, 2.45) is 5.92 Å². The van der Waals surface area contributed by atoms with Crippen molar-refractivity contribution in [3.63, 3.8) is 0 Å². The third-order valence-corrected chi connectivity index (χ3v) is 7.60. The van der Waals surface area contributed by atoms with Crippen LogP contribution < -0.4 is 10.3 Å². The fourth-order valence-electron chi connectivity index (χ4n) is 5.12. The van der Waals surface area contributed by atoms with Gasteiger partial charge in [0.05, 0.1) is 0 Å². The molecule has 1 saturated heterocycles. The normalized spacial score (nSPS) is 26.2. The lowest BCUT2D eigenvalue weighted by Crippen LogP contribution is -2.55. The van der Waals surface area contributed by atoms with E-state index in [4.69, 9.17) is 27.9 Å². The predicted molar refractivity (Wildman–Crippen MR) is 121 cm³/mol. The maximum absolute atomic E-state index is 13.4. The number of ether oxygens (including phenoxy) is 1. The van der Waals surface area contributed by atoms with Gasteiger partial charge in [-0.25, -0.2) is 0 Å². The number of likely N-dealkylation sites (tertiary alicyclic amines) is 1. The second-order valence-electron chi connectivity index (χ2n) is 9.61. The Balaban J connectivity index is 1.29. The highest BCUT2D eigenvalue weighted by Gasteiger charge is 2.52. The molecule has 0 radical (unpaired) electrons. The topological polar surface area (TPSA) is 51.5 Å². The number of hydrogen-bond acceptors (Lipinski definition) is 3. The van der Waals surface area contributed by atoms with Crippen LogP contribution in [-0.2, 0) is 11.3 Å². The number of nitrogens with zero attached hydrogens (tertiary/aromatic N) is 2. The number of hydrogen-bond donors (Lipinski definition) is 0. The minimum absolute atomic E-state index is 0.0271. The van der Waals surface area contributed by atoms with Crippen molar-refractivity contribution in [1.29, 1.82) is 0 Å². The minimum atomic E-state index is -0.994. The summed E-state index contributed by atoms with van der Waals surface area (Å²) in [5.74, 6) is 1.25. The van der Waals surface area contributed by atoms with Crippen LogP contribution in [0.4, 0.5) is 0 Å². The van der Waals surface area contributed by atoms with Gasteiger partial charge >= 0.3 is 0 Å². The summed E-state index contributed by atoms with van der Waals surface area (Å²) >= 11 is 12.3. The number of alkyl halides is 2. The Morgan fingerprint density at radius 2 is 1.81 bits per heavy atom. The van der Waals surface area contributed by atoms with E-state index in [0.29, 0.717) is 25.4 Å². The van der Waals surface area contributed by atoms with Gasteiger partial charge in [0.1, 0.15) is 10.1 Å². The molecule has 3 heterocycles. The molecule has 31 heavy (non-hydrogen) atoms. The fourth-order valence-corrected chi connectivity index (χ4v) is 5.69. The molecule has 0 N–H and O–H groups in total. The van der Waals surface area contributed by atoms with Crippen LogP contribution in [0, 0.1) is 5.92 Å². The first-order chi connectivity index (χ1) is 14.6. The van der Waals surface area contributed by atoms with Crippen molar-refractivity contribution >= 4 is 29.1 Å². The highest BCUT2D eigenvalue weighted by molar-refractivity contribution is 6.51. The molecule has 164 valence electrons. The fraction of sp³-hybridized carbons (Fsp3) is 0.500. The molecule has 1 unspecified atom stereocenters. The van der Waals surface area contributed by atoms with Crippen LogP contribution in [0.25, 0.3) is 0 Å². The Morgan fingerprint density at radius 3 is 2.48 bits per heavy atom. The van der Waals surface area contributed by atoms with Gasteiger partial charge in [0.15, 0.2) is 5.60 Å². The molecule has 1 aromatic carbocycles. The van der Waals surface area contributed by atoms with E-state index >= 15 is 0 Å². The van der Waals surface area contributed by atoms with E-state index in [1.54, 1.807) is 6.07 Å². The van der Waals surface area contributed by atoms with Gasteiger partial charge in [0, 0.05) is 43.2 Å². The van der Waals surface area contributed by atoms with Gasteiger partial charge in [0.25, 0.3) is 11.5 Å². The van der Waals surface area contributed by atoms with Crippen LogP contribution in [-0.4, -0.2) is 38.4 Å². The number of carbonyl (C=O) groups excluding carboxylic acids is 1. The molecule has 2 aromatic rings. The SMILES string of the molecule is CC(C)(Oc1ccc(C2CC2(Cl)Cl)cc1)C(=O)N1C[C@H]2C[C@@H](C1)c1cccc(=O)n1C2. The Morgan fingerprint density at radius 1 is 1.10 bits per heavy atom. The van der Waals surface area contributed by atoms with E-state index in [2.05, 4.69) is 0 Å². The van der Waals surface area contributed by atoms with Gasteiger partial charge in [-0.15, -0.1) is 23.2 Å². The summed E-state index contributed by atoms with van der Waals surface area (Å²) < 4.78 is 7.34. The maximum atomic E-state index is 13.4. The van der Waals surface area contributed by atoms with Crippen molar-refractivity contribution in [2.45, 2.75) is 55.0 Å². The Bertz CT molecular complexity index is 1080. The number of rotatable bonds is 4. The maximum Gasteiger partial charge on any atom is 0.266 e. The third-order valence-electron chi connectivity index (χ3n) is 6.76. The van der Waals surface area contributed by atoms with Crippen molar-refractivity contribution in [1.82, 2.24) is 9.47 Å². The van der Waals surface area contributed by atoms with E-state index in [1.807, 2.05) is 59.7 Å². The van der Waals surface area contributed by atoms with Gasteiger partial charge in [-0.3, -0.25) is 9.59 Å². The molecule has 1 aromatic heterocycles. The summed E-state index contributed by atoms with van der Waals surface area (Å²) in [5, 5.41) is 0. The average Bonchev–Trinajstić information content (AvgIpc) is 3.36. The zero-order valence-electron chi connectivity index (χ0n) is 17.7. The highest BCUT2D eigenvalue weighted by atomic mass is 35.5. The molecule has 2 fully saturated rings. The largest absolute Gasteiger partial charge is 0.478 e. The van der Waals surface area contributed by atoms with Gasteiger partial charge in [-0.2, -0.15) is 0 Å². The van der Waals surface area contributed by atoms with Crippen LogP contribution in [0.2, 0.25) is 0 Å². The molecule has 0 spiro atoms. The molecule has 3 atom stereocenters. The summed E-state index contributed by atoms with van der Waals surface area (Å²) in [6, 6.07) is 13.1. The van der Waals surface area contributed by atoms with Gasteiger partial charge in [-0.05, 0) is 56.4 Å². The quantitative estimate of drug-likeness (QED) is 0.638. The second-order valence-corrected chi connectivity index (χ2v) is 11.1. The first kappa shape index (κ1) is 20.9. The molecular formula is C24H26Cl2N2O3. The molecular weight excluding hydrogens is 435 g/mol. The van der Waals surface area contributed by atoms with Gasteiger partial charge in [-0.1, -0.05) is 18.2 Å². The van der Waals surface area contributed by atoms with Crippen LogP contribution in [0.1, 0.15) is 49.8 Å². The summed E-state index contributed by atoms with van der Waals surface area (Å²) in [6.45, 7) is 5.56. The number of halogens is 2. The number of piperidine rings is 1. The molecule has 5 rings (SSSR count). The Kier molecular flexibility index (Phi) is 4.91. The molecule has 1 aliphatic carbocycles. The van der Waals surface area contributed by atoms with Crippen molar-refractivity contribution in [2.75, 3.05) is 13.1 Å². The van der Waals surface area contributed by atoms with E-state index in [0.717, 1.165) is 24.1 Å². The smallest absolute Gasteiger partial charge is 0.266 e. The number of aromatic nitrogens is 1. The van der Waals surface area contributed by atoms with Crippen molar-refractivity contribution < 1.29 is 9.53 Å². The average molecular weight is 461 g/mol. The zero-order valence-corrected chi connectivity index (χ0v) is 19.2. The molecule has 1 amide bonds. The minimum Gasteiger partial charge on any atom is -0.478 e. The van der Waals surface area contributed by atoms with Gasteiger partial charge in [0.2, 0.25) is 0 Å². The standard InChI is InChI=1S/C24H26Cl2N2O3/c1-23(2,31-18-8-6-16(7-9-18)19-11-24(19,25)26)22(30)27-12-15-10-17(14-27)20-4-3-5-21(29)28(20)13-15/h3-9,15,17,19H,10-14H2,1-2H3/t15-,17+,19?/m1/s1. The van der Waals surface area contributed by atoms with Crippen LogP contribution in [0.15, 0.2) is 47.3 Å². The second kappa shape index (κ2) is 7.28. The number of carbonyl (C=O) groups is 1. The highest BCUT2D eigenvalue weighted by Crippen LogP contribution is 2.59. The number of benzene rings is 1. The summed E-state index contributed by atoms with van der Waals surface area (Å²) in [7, 11) is 0. The molecule has 2 aliphatic heterocycles. The predicted octanol–water partition coefficient (Wildman–Crippen LogP) is 4.31. The first-order valence-electron chi connectivity index (χ1n) is 10.8. The summed E-state index contributed by atoms with van der Waals surface area (Å²) in [5.41, 5.74) is 1.17. The van der Waals surface area contributed by atoms with Crippen molar-refractivity contribution in [3.8, 4) is 5.75 Å².